The quantitative estimate of drug-likeness (QED) is 0.740. The van der Waals surface area contributed by atoms with Gasteiger partial charge in [-0.1, -0.05) is 36.4 Å². The lowest BCUT2D eigenvalue weighted by atomic mass is 9.95. The van der Waals surface area contributed by atoms with Gasteiger partial charge < -0.3 is 4.89 Å². The first-order valence-corrected chi connectivity index (χ1v) is 6.25. The molecule has 2 aliphatic rings. The molecular weight excluding hydrogens is 256 g/mol. The highest BCUT2D eigenvalue weighted by molar-refractivity contribution is 5.62. The molecule has 4 rings (SSSR count). The van der Waals surface area contributed by atoms with Gasteiger partial charge in [0.15, 0.2) is 17.3 Å². The lowest BCUT2D eigenvalue weighted by molar-refractivity contribution is -0.204. The van der Waals surface area contributed by atoms with Crippen molar-refractivity contribution in [2.45, 2.75) is 5.92 Å². The SMILES string of the molecule is [C]1OOc2ccccc2C1C1=Cc2ccccc2OO1. The molecule has 0 saturated heterocycles. The monoisotopic (exact) mass is 266 g/mol. The Kier molecular flexibility index (Phi) is 2.60. The molecule has 0 spiro atoms. The number of para-hydroxylation sites is 2. The fourth-order valence-corrected chi connectivity index (χ4v) is 2.26. The highest BCUT2D eigenvalue weighted by Crippen LogP contribution is 2.41. The Morgan fingerprint density at radius 1 is 0.800 bits per heavy atom. The van der Waals surface area contributed by atoms with Crippen molar-refractivity contribution in [2.75, 3.05) is 0 Å². The number of hydrogen-bond donors (Lipinski definition) is 0. The summed E-state index contributed by atoms with van der Waals surface area (Å²) >= 11 is 0. The van der Waals surface area contributed by atoms with Crippen LogP contribution in [0.4, 0.5) is 0 Å². The minimum Gasteiger partial charge on any atom is -0.336 e. The Morgan fingerprint density at radius 3 is 2.55 bits per heavy atom. The Balaban J connectivity index is 1.75. The molecule has 0 amide bonds. The molecule has 0 fully saturated rings. The molecule has 2 aromatic carbocycles. The molecule has 2 radical (unpaired) electrons. The molecule has 0 saturated carbocycles. The summed E-state index contributed by atoms with van der Waals surface area (Å²) in [5, 5.41) is 0. The van der Waals surface area contributed by atoms with Crippen molar-refractivity contribution >= 4 is 6.08 Å². The molecule has 20 heavy (non-hydrogen) atoms. The summed E-state index contributed by atoms with van der Waals surface area (Å²) in [5.74, 6) is 1.67. The van der Waals surface area contributed by atoms with Crippen LogP contribution in [0.3, 0.4) is 0 Å². The number of rotatable bonds is 1. The van der Waals surface area contributed by atoms with Crippen molar-refractivity contribution < 1.29 is 19.6 Å². The lowest BCUT2D eigenvalue weighted by Crippen LogP contribution is -2.18. The molecule has 2 aromatic rings. The van der Waals surface area contributed by atoms with Crippen LogP contribution in [-0.4, -0.2) is 0 Å². The van der Waals surface area contributed by atoms with Crippen molar-refractivity contribution in [2.24, 2.45) is 0 Å². The van der Waals surface area contributed by atoms with E-state index in [-0.39, 0.29) is 5.92 Å². The van der Waals surface area contributed by atoms with E-state index in [2.05, 4.69) is 6.61 Å². The summed E-state index contributed by atoms with van der Waals surface area (Å²) in [5.41, 5.74) is 1.88. The van der Waals surface area contributed by atoms with E-state index in [0.29, 0.717) is 17.3 Å². The minimum absolute atomic E-state index is 0.284. The van der Waals surface area contributed by atoms with Crippen LogP contribution in [0.15, 0.2) is 54.3 Å². The van der Waals surface area contributed by atoms with Crippen molar-refractivity contribution in [3.05, 3.63) is 72.0 Å². The largest absolute Gasteiger partial charge is 0.336 e. The van der Waals surface area contributed by atoms with Gasteiger partial charge in [0, 0.05) is 11.1 Å². The third-order valence-corrected chi connectivity index (χ3v) is 3.26. The van der Waals surface area contributed by atoms with Gasteiger partial charge in [0.05, 0.1) is 5.92 Å². The maximum absolute atomic E-state index is 5.36. The van der Waals surface area contributed by atoms with E-state index in [1.165, 1.54) is 0 Å². The zero-order valence-corrected chi connectivity index (χ0v) is 10.4. The topological polar surface area (TPSA) is 36.9 Å². The summed E-state index contributed by atoms with van der Waals surface area (Å²) in [6, 6.07) is 15.2. The first kappa shape index (κ1) is 11.4. The average Bonchev–Trinajstić information content (AvgIpc) is 2.54. The smallest absolute Gasteiger partial charge is 0.204 e. The van der Waals surface area contributed by atoms with Crippen LogP contribution in [0, 0.1) is 6.61 Å². The maximum Gasteiger partial charge on any atom is 0.204 e. The molecule has 1 atom stereocenters. The van der Waals surface area contributed by atoms with Crippen LogP contribution in [0.2, 0.25) is 0 Å². The average molecular weight is 266 g/mol. The summed E-state index contributed by atoms with van der Waals surface area (Å²) in [4.78, 5) is 20.7. The Bertz CT molecular complexity index is 678. The Labute approximate surface area is 116 Å². The first-order chi connectivity index (χ1) is 9.92. The molecular formula is C16H10O4. The van der Waals surface area contributed by atoms with Gasteiger partial charge in [0.2, 0.25) is 6.61 Å². The van der Waals surface area contributed by atoms with Crippen LogP contribution in [0.5, 0.6) is 11.5 Å². The zero-order valence-electron chi connectivity index (χ0n) is 10.4. The molecule has 0 bridgehead atoms. The molecule has 1 unspecified atom stereocenters. The maximum atomic E-state index is 5.36. The fraction of sp³-hybridized carbons (Fsp3) is 0.0625. The molecule has 4 heteroatoms. The van der Waals surface area contributed by atoms with Crippen LogP contribution >= 0.6 is 0 Å². The van der Waals surface area contributed by atoms with Crippen LogP contribution < -0.4 is 9.78 Å². The normalized spacial score (nSPS) is 19.6. The minimum atomic E-state index is -0.284. The molecule has 0 N–H and O–H groups in total. The van der Waals surface area contributed by atoms with E-state index < -0.39 is 0 Å². The number of benzene rings is 2. The highest BCUT2D eigenvalue weighted by Gasteiger charge is 2.31. The molecule has 0 aliphatic carbocycles. The lowest BCUT2D eigenvalue weighted by Gasteiger charge is -2.26. The second-order valence-corrected chi connectivity index (χ2v) is 4.51. The molecule has 98 valence electrons. The van der Waals surface area contributed by atoms with Gasteiger partial charge in [-0.15, -0.1) is 0 Å². The Morgan fingerprint density at radius 2 is 1.60 bits per heavy atom. The van der Waals surface area contributed by atoms with E-state index in [4.69, 9.17) is 19.6 Å². The van der Waals surface area contributed by atoms with E-state index in [0.717, 1.165) is 11.1 Å². The second kappa shape index (κ2) is 4.58. The van der Waals surface area contributed by atoms with Gasteiger partial charge in [0.1, 0.15) is 0 Å². The van der Waals surface area contributed by atoms with Gasteiger partial charge >= 0.3 is 0 Å². The van der Waals surface area contributed by atoms with Gasteiger partial charge in [0.25, 0.3) is 0 Å². The van der Waals surface area contributed by atoms with Gasteiger partial charge in [-0.25, -0.2) is 0 Å². The number of hydrogen-bond acceptors (Lipinski definition) is 4. The molecule has 2 heterocycles. The van der Waals surface area contributed by atoms with Gasteiger partial charge in [-0.05, 0) is 18.2 Å². The summed E-state index contributed by atoms with van der Waals surface area (Å²) in [6.45, 7) is 2.78. The van der Waals surface area contributed by atoms with Crippen LogP contribution in [-0.2, 0) is 9.78 Å². The fourth-order valence-electron chi connectivity index (χ4n) is 2.26. The standard InChI is InChI=1S/C16H10O4/c1-3-7-14-11(5-1)9-16(20-19-14)13-10-17-18-15-8-4-2-6-12(13)15/h1-9,13H. The van der Waals surface area contributed by atoms with Crippen molar-refractivity contribution in [1.82, 2.24) is 0 Å². The van der Waals surface area contributed by atoms with E-state index >= 15 is 0 Å². The van der Waals surface area contributed by atoms with Crippen LogP contribution in [0.1, 0.15) is 17.0 Å². The molecule has 2 aliphatic heterocycles. The highest BCUT2D eigenvalue weighted by atomic mass is 17.2. The third kappa shape index (κ3) is 1.82. The second-order valence-electron chi connectivity index (χ2n) is 4.51. The van der Waals surface area contributed by atoms with E-state index in [1.807, 2.05) is 54.6 Å². The first-order valence-electron chi connectivity index (χ1n) is 6.25. The predicted molar refractivity (Wildman–Crippen MR) is 70.3 cm³/mol. The predicted octanol–water partition coefficient (Wildman–Crippen LogP) is 3.50. The van der Waals surface area contributed by atoms with Crippen molar-refractivity contribution in [3.63, 3.8) is 0 Å². The summed E-state index contributed by atoms with van der Waals surface area (Å²) in [7, 11) is 0. The number of fused-ring (bicyclic) bond motifs is 2. The van der Waals surface area contributed by atoms with Crippen LogP contribution in [0.25, 0.3) is 6.08 Å². The zero-order chi connectivity index (χ0) is 13.4. The Hall–Kier alpha value is -2.46. The van der Waals surface area contributed by atoms with Crippen molar-refractivity contribution in [3.8, 4) is 11.5 Å². The van der Waals surface area contributed by atoms with E-state index in [1.54, 1.807) is 0 Å². The third-order valence-electron chi connectivity index (χ3n) is 3.26. The van der Waals surface area contributed by atoms with Gasteiger partial charge in [-0.2, -0.15) is 4.89 Å². The van der Waals surface area contributed by atoms with Gasteiger partial charge in [-0.3, -0.25) is 9.78 Å². The summed E-state index contributed by atoms with van der Waals surface area (Å²) in [6.07, 6.45) is 1.92. The van der Waals surface area contributed by atoms with E-state index in [9.17, 15) is 0 Å². The van der Waals surface area contributed by atoms with Crippen molar-refractivity contribution in [1.29, 1.82) is 0 Å². The summed E-state index contributed by atoms with van der Waals surface area (Å²) < 4.78 is 0. The molecule has 4 nitrogen and oxygen atoms in total. The molecule has 0 aromatic heterocycles.